The highest BCUT2D eigenvalue weighted by molar-refractivity contribution is 5.02. The molecule has 0 amide bonds. The highest BCUT2D eigenvalue weighted by atomic mass is 16.5. The van der Waals surface area contributed by atoms with Crippen LogP contribution in [0.1, 0.15) is 47.0 Å². The van der Waals surface area contributed by atoms with Gasteiger partial charge < -0.3 is 10.1 Å². The third-order valence-corrected chi connectivity index (χ3v) is 4.87. The monoisotopic (exact) mass is 240 g/mol. The van der Waals surface area contributed by atoms with E-state index in [4.69, 9.17) is 4.74 Å². The van der Waals surface area contributed by atoms with Crippen molar-refractivity contribution in [2.45, 2.75) is 64.1 Å². The van der Waals surface area contributed by atoms with E-state index in [9.17, 15) is 0 Å². The molecule has 2 rings (SSSR count). The second-order valence-electron chi connectivity index (χ2n) is 6.28. The topological polar surface area (TPSA) is 24.5 Å². The van der Waals surface area contributed by atoms with E-state index < -0.39 is 0 Å². The van der Waals surface area contributed by atoms with Gasteiger partial charge in [0.25, 0.3) is 0 Å². The lowest BCUT2D eigenvalue weighted by atomic mass is 9.87. The quantitative estimate of drug-likeness (QED) is 0.817. The minimum absolute atomic E-state index is 0.263. The van der Waals surface area contributed by atoms with Gasteiger partial charge in [-0.2, -0.15) is 0 Å². The fraction of sp³-hybridized carbons (Fsp3) is 1.00. The van der Waals surface area contributed by atoms with Crippen LogP contribution in [0.5, 0.6) is 0 Å². The molecule has 0 aromatic carbocycles. The average molecular weight is 240 g/mol. The van der Waals surface area contributed by atoms with E-state index in [1.807, 2.05) is 0 Å². The van der Waals surface area contributed by atoms with Crippen LogP contribution in [-0.4, -0.2) is 48.3 Å². The van der Waals surface area contributed by atoms with Gasteiger partial charge in [-0.15, -0.1) is 0 Å². The number of nitrogens with one attached hydrogen (secondary N) is 1. The van der Waals surface area contributed by atoms with Crippen LogP contribution in [0.3, 0.4) is 0 Å². The van der Waals surface area contributed by atoms with Gasteiger partial charge in [0, 0.05) is 36.8 Å². The highest BCUT2D eigenvalue weighted by Crippen LogP contribution is 2.32. The summed E-state index contributed by atoms with van der Waals surface area (Å²) in [5, 5.41) is 3.73. The first-order chi connectivity index (χ1) is 8.03. The molecule has 0 aromatic rings. The minimum Gasteiger partial charge on any atom is -0.379 e. The Kier molecular flexibility index (Phi) is 3.81. The van der Waals surface area contributed by atoms with Crippen molar-refractivity contribution in [1.82, 2.24) is 10.2 Å². The van der Waals surface area contributed by atoms with Gasteiger partial charge in [0.05, 0.1) is 6.61 Å². The Balaban J connectivity index is 2.15. The van der Waals surface area contributed by atoms with Crippen LogP contribution in [0.25, 0.3) is 0 Å². The molecule has 0 spiro atoms. The van der Waals surface area contributed by atoms with E-state index in [0.717, 1.165) is 26.3 Å². The summed E-state index contributed by atoms with van der Waals surface area (Å²) in [5.41, 5.74) is 0.538. The summed E-state index contributed by atoms with van der Waals surface area (Å²) in [5.74, 6) is 0. The lowest BCUT2D eigenvalue weighted by molar-refractivity contribution is -0.0118. The number of nitrogens with zero attached hydrogens (tertiary/aromatic N) is 1. The molecule has 2 aliphatic rings. The van der Waals surface area contributed by atoms with E-state index in [1.165, 1.54) is 19.3 Å². The van der Waals surface area contributed by atoms with Gasteiger partial charge >= 0.3 is 0 Å². The van der Waals surface area contributed by atoms with Crippen LogP contribution in [0.2, 0.25) is 0 Å². The number of rotatable bonds is 3. The van der Waals surface area contributed by atoms with Crippen LogP contribution in [0, 0.1) is 0 Å². The van der Waals surface area contributed by atoms with Gasteiger partial charge in [0.2, 0.25) is 0 Å². The molecule has 0 aromatic heterocycles. The fourth-order valence-corrected chi connectivity index (χ4v) is 3.15. The van der Waals surface area contributed by atoms with E-state index >= 15 is 0 Å². The second-order valence-corrected chi connectivity index (χ2v) is 6.28. The Bertz CT molecular complexity index is 263. The smallest absolute Gasteiger partial charge is 0.0648 e. The van der Waals surface area contributed by atoms with E-state index in [0.29, 0.717) is 6.04 Å². The summed E-state index contributed by atoms with van der Waals surface area (Å²) in [6, 6.07) is 0.668. The molecule has 3 atom stereocenters. The minimum atomic E-state index is 0.263. The van der Waals surface area contributed by atoms with E-state index in [2.05, 4.69) is 37.9 Å². The summed E-state index contributed by atoms with van der Waals surface area (Å²) < 4.78 is 5.65. The summed E-state index contributed by atoms with van der Waals surface area (Å²) in [4.78, 5) is 2.72. The molecule has 2 saturated heterocycles. The molecule has 0 aliphatic carbocycles. The van der Waals surface area contributed by atoms with Gasteiger partial charge in [0.15, 0.2) is 0 Å². The largest absolute Gasteiger partial charge is 0.379 e. The zero-order chi connectivity index (χ0) is 12.5. The lowest BCUT2D eigenvalue weighted by Gasteiger charge is -2.52. The van der Waals surface area contributed by atoms with Gasteiger partial charge in [0.1, 0.15) is 0 Å². The number of hydrogen-bond acceptors (Lipinski definition) is 3. The van der Waals surface area contributed by atoms with Crippen LogP contribution >= 0.6 is 0 Å². The summed E-state index contributed by atoms with van der Waals surface area (Å²) >= 11 is 0. The predicted octanol–water partition coefficient (Wildman–Crippen LogP) is 2.02. The number of hydrogen-bond donors (Lipinski definition) is 1. The molecule has 2 aliphatic heterocycles. The number of ether oxygens (including phenoxy) is 1. The van der Waals surface area contributed by atoms with Crippen LogP contribution in [-0.2, 0) is 4.74 Å². The van der Waals surface area contributed by atoms with Crippen LogP contribution in [0.4, 0.5) is 0 Å². The zero-order valence-electron chi connectivity index (χ0n) is 11.9. The van der Waals surface area contributed by atoms with E-state index in [1.54, 1.807) is 0 Å². The predicted molar refractivity (Wildman–Crippen MR) is 71.3 cm³/mol. The fourth-order valence-electron chi connectivity index (χ4n) is 3.15. The maximum absolute atomic E-state index is 5.65. The molecular weight excluding hydrogens is 212 g/mol. The van der Waals surface area contributed by atoms with Gasteiger partial charge in [-0.3, -0.25) is 4.90 Å². The normalized spacial score (nSPS) is 44.1. The molecule has 17 heavy (non-hydrogen) atoms. The van der Waals surface area contributed by atoms with Gasteiger partial charge in [-0.05, 0) is 33.1 Å². The SMILES string of the molecule is CCC1CNC(C)(CC)CN1C1(C)CCOC1. The molecular formula is C14H28N2O. The maximum Gasteiger partial charge on any atom is 0.0648 e. The summed E-state index contributed by atoms with van der Waals surface area (Å²) in [6.45, 7) is 13.4. The Morgan fingerprint density at radius 2 is 2.12 bits per heavy atom. The number of piperazine rings is 1. The zero-order valence-corrected chi connectivity index (χ0v) is 11.9. The standard InChI is InChI=1S/C14H28N2O/c1-5-12-9-15-13(3,6-2)10-16(12)14(4)7-8-17-11-14/h12,15H,5-11H2,1-4H3. The van der Waals surface area contributed by atoms with Crippen molar-refractivity contribution in [1.29, 1.82) is 0 Å². The van der Waals surface area contributed by atoms with Gasteiger partial charge in [-0.1, -0.05) is 13.8 Å². The molecule has 3 nitrogen and oxygen atoms in total. The van der Waals surface area contributed by atoms with Crippen molar-refractivity contribution in [2.24, 2.45) is 0 Å². The molecule has 0 bridgehead atoms. The Morgan fingerprint density at radius 3 is 2.65 bits per heavy atom. The van der Waals surface area contributed by atoms with Crippen molar-refractivity contribution in [3.8, 4) is 0 Å². The summed E-state index contributed by atoms with van der Waals surface area (Å²) in [7, 11) is 0. The van der Waals surface area contributed by atoms with Crippen molar-refractivity contribution in [3.63, 3.8) is 0 Å². The molecule has 3 unspecified atom stereocenters. The Hall–Kier alpha value is -0.120. The first-order valence-electron chi connectivity index (χ1n) is 7.12. The van der Waals surface area contributed by atoms with Crippen LogP contribution in [0.15, 0.2) is 0 Å². The molecule has 0 saturated carbocycles. The third kappa shape index (κ3) is 2.51. The van der Waals surface area contributed by atoms with Crippen LogP contribution < -0.4 is 5.32 Å². The third-order valence-electron chi connectivity index (χ3n) is 4.87. The first-order valence-corrected chi connectivity index (χ1v) is 7.12. The molecule has 0 radical (unpaired) electrons. The van der Waals surface area contributed by atoms with E-state index in [-0.39, 0.29) is 11.1 Å². The van der Waals surface area contributed by atoms with Crippen molar-refractivity contribution in [3.05, 3.63) is 0 Å². The molecule has 2 heterocycles. The molecule has 2 fully saturated rings. The Labute approximate surface area is 106 Å². The second kappa shape index (κ2) is 4.87. The first kappa shape index (κ1) is 13.3. The van der Waals surface area contributed by atoms with Gasteiger partial charge in [-0.25, -0.2) is 0 Å². The van der Waals surface area contributed by atoms with Crippen molar-refractivity contribution >= 4 is 0 Å². The van der Waals surface area contributed by atoms with Crippen molar-refractivity contribution in [2.75, 3.05) is 26.3 Å². The summed E-state index contributed by atoms with van der Waals surface area (Å²) in [6.07, 6.45) is 3.60. The average Bonchev–Trinajstić information content (AvgIpc) is 2.77. The lowest BCUT2D eigenvalue weighted by Crippen LogP contribution is -2.68. The van der Waals surface area contributed by atoms with Crippen molar-refractivity contribution < 1.29 is 4.74 Å². The molecule has 1 N–H and O–H groups in total. The maximum atomic E-state index is 5.65. The Morgan fingerprint density at radius 1 is 1.35 bits per heavy atom. The highest BCUT2D eigenvalue weighted by Gasteiger charge is 2.44. The molecule has 3 heteroatoms. The molecule has 100 valence electrons.